The van der Waals surface area contributed by atoms with Gasteiger partial charge in [0, 0.05) is 0 Å². The summed E-state index contributed by atoms with van der Waals surface area (Å²) in [6.07, 6.45) is 5.25. The van der Waals surface area contributed by atoms with E-state index in [0.717, 1.165) is 0 Å². The Morgan fingerprint density at radius 1 is 1.38 bits per heavy atom. The van der Waals surface area contributed by atoms with Crippen LogP contribution in [-0.2, 0) is 4.84 Å². The minimum Gasteiger partial charge on any atom is -0.293 e. The first-order chi connectivity index (χ1) is 3.91. The first kappa shape index (κ1) is 4.77. The van der Waals surface area contributed by atoms with Crippen molar-refractivity contribution in [2.45, 2.75) is 31.2 Å². The minimum absolute atomic E-state index is 0.319. The third-order valence-corrected chi connectivity index (χ3v) is 2.04. The van der Waals surface area contributed by atoms with Crippen LogP contribution < -0.4 is 5.48 Å². The highest BCUT2D eigenvalue weighted by Gasteiger charge is 2.41. The van der Waals surface area contributed by atoms with Crippen molar-refractivity contribution in [2.24, 2.45) is 0 Å². The van der Waals surface area contributed by atoms with E-state index < -0.39 is 0 Å². The lowest BCUT2D eigenvalue weighted by molar-refractivity contribution is -0.0979. The molecule has 1 saturated carbocycles. The van der Waals surface area contributed by atoms with Crippen molar-refractivity contribution < 1.29 is 4.84 Å². The average molecular weight is 112 g/mol. The summed E-state index contributed by atoms with van der Waals surface area (Å²) in [5.41, 5.74) is 3.28. The topological polar surface area (TPSA) is 21.3 Å². The quantitative estimate of drug-likeness (QED) is 0.504. The zero-order valence-corrected chi connectivity index (χ0v) is 4.81. The zero-order chi connectivity index (χ0) is 5.45. The number of hydroxylamine groups is 1. The fraction of sp³-hybridized carbons (Fsp3) is 0.833. The van der Waals surface area contributed by atoms with Crippen LogP contribution in [0.4, 0.5) is 0 Å². The van der Waals surface area contributed by atoms with Gasteiger partial charge in [0.25, 0.3) is 0 Å². The largest absolute Gasteiger partial charge is 0.293 e. The van der Waals surface area contributed by atoms with Gasteiger partial charge in [-0.05, 0) is 12.8 Å². The van der Waals surface area contributed by atoms with Crippen LogP contribution in [0, 0.1) is 6.61 Å². The van der Waals surface area contributed by atoms with Crippen molar-refractivity contribution in [3.63, 3.8) is 0 Å². The SMILES string of the molecule is [CH]1ONC12CCCC2. The van der Waals surface area contributed by atoms with E-state index in [4.69, 9.17) is 4.84 Å². The standard InChI is InChI=1S/C6H10NO/c1-2-4-6(3-1)5-8-7-6/h5,7H,1-4H2. The molecule has 0 atom stereocenters. The third kappa shape index (κ3) is 0.501. The number of hydrogen-bond acceptors (Lipinski definition) is 2. The summed E-state index contributed by atoms with van der Waals surface area (Å²) in [5, 5.41) is 0. The average Bonchev–Trinajstić information content (AvgIpc) is 2.07. The molecule has 2 nitrogen and oxygen atoms in total. The number of rotatable bonds is 0. The molecule has 0 aromatic heterocycles. The summed E-state index contributed by atoms with van der Waals surface area (Å²) in [6, 6.07) is 0. The van der Waals surface area contributed by atoms with E-state index in [2.05, 4.69) is 5.48 Å². The maximum Gasteiger partial charge on any atom is 0.129 e. The van der Waals surface area contributed by atoms with Crippen LogP contribution in [0.25, 0.3) is 0 Å². The zero-order valence-electron chi connectivity index (χ0n) is 4.81. The van der Waals surface area contributed by atoms with E-state index in [0.29, 0.717) is 5.54 Å². The molecule has 1 saturated heterocycles. The van der Waals surface area contributed by atoms with E-state index in [-0.39, 0.29) is 0 Å². The summed E-state index contributed by atoms with van der Waals surface area (Å²) in [5.74, 6) is 0. The molecule has 1 aliphatic carbocycles. The van der Waals surface area contributed by atoms with Gasteiger partial charge in [-0.15, -0.1) is 0 Å². The lowest BCUT2D eigenvalue weighted by Crippen LogP contribution is -2.53. The Morgan fingerprint density at radius 2 is 2.00 bits per heavy atom. The molecule has 2 fully saturated rings. The number of nitrogens with one attached hydrogen (secondary N) is 1. The summed E-state index contributed by atoms with van der Waals surface area (Å²) >= 11 is 0. The molecular weight excluding hydrogens is 102 g/mol. The lowest BCUT2D eigenvalue weighted by Gasteiger charge is -2.37. The molecule has 1 radical (unpaired) electrons. The van der Waals surface area contributed by atoms with E-state index >= 15 is 0 Å². The van der Waals surface area contributed by atoms with Gasteiger partial charge in [-0.3, -0.25) is 4.84 Å². The smallest absolute Gasteiger partial charge is 0.129 e. The predicted molar refractivity (Wildman–Crippen MR) is 29.7 cm³/mol. The van der Waals surface area contributed by atoms with Crippen molar-refractivity contribution in [2.75, 3.05) is 0 Å². The van der Waals surface area contributed by atoms with E-state index in [1.54, 1.807) is 0 Å². The van der Waals surface area contributed by atoms with Gasteiger partial charge in [0.15, 0.2) is 0 Å². The summed E-state index contributed by atoms with van der Waals surface area (Å²) in [6.45, 7) is 1.93. The Hall–Kier alpha value is -0.0800. The Bertz CT molecular complexity index is 90.7. The molecule has 0 unspecified atom stereocenters. The van der Waals surface area contributed by atoms with Crippen LogP contribution in [-0.4, -0.2) is 5.54 Å². The van der Waals surface area contributed by atoms with E-state index in [1.165, 1.54) is 25.7 Å². The molecular formula is C6H10NO. The summed E-state index contributed by atoms with van der Waals surface area (Å²) in [4.78, 5) is 4.78. The molecule has 0 amide bonds. The van der Waals surface area contributed by atoms with Gasteiger partial charge in [0.1, 0.15) is 6.61 Å². The minimum atomic E-state index is 0.319. The van der Waals surface area contributed by atoms with Gasteiger partial charge < -0.3 is 0 Å². The van der Waals surface area contributed by atoms with Crippen LogP contribution in [0.1, 0.15) is 25.7 Å². The van der Waals surface area contributed by atoms with Gasteiger partial charge in [0.2, 0.25) is 0 Å². The molecule has 2 rings (SSSR count). The van der Waals surface area contributed by atoms with E-state index in [9.17, 15) is 0 Å². The highest BCUT2D eigenvalue weighted by Crippen LogP contribution is 2.36. The molecule has 0 bridgehead atoms. The Kier molecular flexibility index (Phi) is 0.866. The van der Waals surface area contributed by atoms with Crippen LogP contribution in [0.2, 0.25) is 0 Å². The van der Waals surface area contributed by atoms with Crippen LogP contribution >= 0.6 is 0 Å². The highest BCUT2D eigenvalue weighted by molar-refractivity contribution is 5.02. The van der Waals surface area contributed by atoms with Crippen LogP contribution in [0.5, 0.6) is 0 Å². The van der Waals surface area contributed by atoms with Crippen molar-refractivity contribution in [3.05, 3.63) is 6.61 Å². The van der Waals surface area contributed by atoms with Gasteiger partial charge in [-0.1, -0.05) is 12.8 Å². The van der Waals surface area contributed by atoms with Crippen molar-refractivity contribution in [1.82, 2.24) is 5.48 Å². The van der Waals surface area contributed by atoms with E-state index in [1.807, 2.05) is 6.61 Å². The second-order valence-electron chi connectivity index (χ2n) is 2.70. The fourth-order valence-electron chi connectivity index (χ4n) is 1.45. The second-order valence-corrected chi connectivity index (χ2v) is 2.70. The Balaban J connectivity index is 2.01. The Morgan fingerprint density at radius 3 is 2.25 bits per heavy atom. The molecule has 1 spiro atoms. The maximum atomic E-state index is 4.78. The third-order valence-electron chi connectivity index (χ3n) is 2.04. The normalized spacial score (nSPS) is 33.0. The molecule has 1 aliphatic heterocycles. The molecule has 45 valence electrons. The summed E-state index contributed by atoms with van der Waals surface area (Å²) in [7, 11) is 0. The molecule has 8 heavy (non-hydrogen) atoms. The number of hydrogen-bond donors (Lipinski definition) is 1. The van der Waals surface area contributed by atoms with Crippen LogP contribution in [0.3, 0.4) is 0 Å². The van der Waals surface area contributed by atoms with Crippen molar-refractivity contribution in [1.29, 1.82) is 0 Å². The second kappa shape index (κ2) is 1.45. The van der Waals surface area contributed by atoms with Crippen molar-refractivity contribution in [3.8, 4) is 0 Å². The fourth-order valence-corrected chi connectivity index (χ4v) is 1.45. The highest BCUT2D eigenvalue weighted by atomic mass is 16.7. The molecule has 1 N–H and O–H groups in total. The van der Waals surface area contributed by atoms with Gasteiger partial charge in [-0.2, -0.15) is 5.48 Å². The van der Waals surface area contributed by atoms with Gasteiger partial charge in [0.05, 0.1) is 5.54 Å². The summed E-state index contributed by atoms with van der Waals surface area (Å²) < 4.78 is 0. The first-order valence-electron chi connectivity index (χ1n) is 3.19. The molecule has 2 aliphatic rings. The van der Waals surface area contributed by atoms with Crippen LogP contribution in [0.15, 0.2) is 0 Å². The van der Waals surface area contributed by atoms with Gasteiger partial charge in [-0.25, -0.2) is 0 Å². The molecule has 2 heteroatoms. The first-order valence-corrected chi connectivity index (χ1v) is 3.19. The lowest BCUT2D eigenvalue weighted by atomic mass is 9.99. The van der Waals surface area contributed by atoms with Gasteiger partial charge >= 0.3 is 0 Å². The maximum absolute atomic E-state index is 4.78. The molecule has 0 aromatic carbocycles. The molecule has 0 aromatic rings. The van der Waals surface area contributed by atoms with Crippen molar-refractivity contribution >= 4 is 0 Å². The molecule has 1 heterocycles. The Labute approximate surface area is 49.2 Å². The predicted octanol–water partition coefficient (Wildman–Crippen LogP) is 0.996. The monoisotopic (exact) mass is 112 g/mol.